The number of rotatable bonds is 4. The molecule has 0 bridgehead atoms. The largest absolute Gasteiger partial charge is 0.309 e. The van der Waals surface area contributed by atoms with E-state index < -0.39 is 0 Å². The molecule has 0 amide bonds. The van der Waals surface area contributed by atoms with E-state index in [1.807, 2.05) is 78.9 Å². The molecule has 50 heavy (non-hydrogen) atoms. The number of fused-ring (bicyclic) bond motifs is 6. The summed E-state index contributed by atoms with van der Waals surface area (Å²) >= 11 is 0. The van der Waals surface area contributed by atoms with Crippen LogP contribution in [0.2, 0.25) is 0 Å². The number of hydrogen-bond acceptors (Lipinski definition) is 3. The molecule has 0 saturated carbocycles. The Morgan fingerprint density at radius 2 is 0.920 bits per heavy atom. The van der Waals surface area contributed by atoms with Gasteiger partial charge in [0.15, 0.2) is 0 Å². The van der Waals surface area contributed by atoms with Crippen molar-refractivity contribution in [2.75, 3.05) is 0 Å². The van der Waals surface area contributed by atoms with Gasteiger partial charge >= 0.3 is 0 Å². The van der Waals surface area contributed by atoms with E-state index in [0.717, 1.165) is 71.6 Å². The average Bonchev–Trinajstić information content (AvgIpc) is 3.70. The lowest BCUT2D eigenvalue weighted by atomic mass is 9.95. The lowest BCUT2D eigenvalue weighted by Gasteiger charge is -2.15. The maximum Gasteiger partial charge on any atom is 0.103 e. The van der Waals surface area contributed by atoms with Gasteiger partial charge in [-0.1, -0.05) is 97.1 Å². The first-order valence-electron chi connectivity index (χ1n) is 16.3. The van der Waals surface area contributed by atoms with E-state index in [1.54, 1.807) is 0 Å². The average molecular weight is 636 g/mol. The second kappa shape index (κ2) is 11.4. The smallest absolute Gasteiger partial charge is 0.103 e. The molecule has 0 spiro atoms. The third-order valence-electron chi connectivity index (χ3n) is 9.65. The van der Waals surface area contributed by atoms with Crippen LogP contribution < -0.4 is 0 Å². The molecule has 0 atom stereocenters. The van der Waals surface area contributed by atoms with Crippen molar-refractivity contribution in [3.05, 3.63) is 168 Å². The predicted octanol–water partition coefficient (Wildman–Crippen LogP) is 10.8. The predicted molar refractivity (Wildman–Crippen MR) is 200 cm³/mol. The highest BCUT2D eigenvalue weighted by Gasteiger charge is 2.20. The molecule has 0 fully saturated rings. The highest BCUT2D eigenvalue weighted by atomic mass is 15.0. The van der Waals surface area contributed by atoms with Crippen molar-refractivity contribution < 1.29 is 0 Å². The Hall–Kier alpha value is -7.39. The summed E-state index contributed by atoms with van der Waals surface area (Å²) in [6.07, 6.45) is 0. The molecule has 0 radical (unpaired) electrons. The van der Waals surface area contributed by atoms with Gasteiger partial charge in [-0.3, -0.25) is 0 Å². The third-order valence-corrected chi connectivity index (χ3v) is 9.65. The summed E-state index contributed by atoms with van der Waals surface area (Å²) in [5.41, 5.74) is 11.0. The molecule has 2 aromatic heterocycles. The van der Waals surface area contributed by atoms with Gasteiger partial charge in [0.25, 0.3) is 0 Å². The zero-order valence-corrected chi connectivity index (χ0v) is 26.7. The van der Waals surface area contributed by atoms with Crippen LogP contribution in [0.3, 0.4) is 0 Å². The van der Waals surface area contributed by atoms with Crippen molar-refractivity contribution in [3.63, 3.8) is 0 Å². The number of hydrogen-bond donors (Lipinski definition) is 0. The van der Waals surface area contributed by atoms with Crippen molar-refractivity contribution in [1.82, 2.24) is 9.13 Å². The van der Waals surface area contributed by atoms with Gasteiger partial charge in [0.2, 0.25) is 0 Å². The molecule has 0 N–H and O–H groups in total. The number of aromatic nitrogens is 2. The highest BCUT2D eigenvalue weighted by Crippen LogP contribution is 2.39. The van der Waals surface area contributed by atoms with Gasteiger partial charge in [-0.2, -0.15) is 15.8 Å². The highest BCUT2D eigenvalue weighted by molar-refractivity contribution is 6.11. The van der Waals surface area contributed by atoms with Gasteiger partial charge in [-0.25, -0.2) is 0 Å². The standard InChI is InChI=1S/C45H25N5/c46-26-29-17-22-44-38(23-29)37-12-4-8-16-43(37)49(44)40-13-5-1-9-34(40)31-20-18-30(19-21-31)32-24-33(27-47)39(28-48)45(25-32)50-41-14-6-2-10-35(41)36-11-3-7-15-42(36)50/h1-25H. The molecule has 0 unspecified atom stereocenters. The van der Waals surface area contributed by atoms with E-state index >= 15 is 0 Å². The molecule has 230 valence electrons. The molecule has 0 aliphatic carbocycles. The van der Waals surface area contributed by atoms with Crippen LogP contribution in [0.25, 0.3) is 77.2 Å². The minimum Gasteiger partial charge on any atom is -0.309 e. The van der Waals surface area contributed by atoms with Crippen LogP contribution in [-0.2, 0) is 0 Å². The summed E-state index contributed by atoms with van der Waals surface area (Å²) in [7, 11) is 0. The van der Waals surface area contributed by atoms with E-state index in [1.165, 1.54) is 0 Å². The number of benzene rings is 7. The Bertz CT molecular complexity index is 2900. The minimum absolute atomic E-state index is 0.335. The molecular formula is C45H25N5. The zero-order chi connectivity index (χ0) is 33.8. The molecule has 0 aliphatic rings. The molecule has 7 aromatic carbocycles. The van der Waals surface area contributed by atoms with E-state index in [4.69, 9.17) is 0 Å². The maximum absolute atomic E-state index is 10.3. The number of nitriles is 3. The lowest BCUT2D eigenvalue weighted by molar-refractivity contribution is 1.16. The Labute approximate surface area is 287 Å². The topological polar surface area (TPSA) is 81.2 Å². The third kappa shape index (κ3) is 4.31. The maximum atomic E-state index is 10.3. The minimum atomic E-state index is 0.335. The Morgan fingerprint density at radius 3 is 1.54 bits per heavy atom. The normalized spacial score (nSPS) is 11.1. The first kappa shape index (κ1) is 28.8. The molecule has 9 aromatic rings. The second-order valence-corrected chi connectivity index (χ2v) is 12.3. The van der Waals surface area contributed by atoms with Gasteiger partial charge in [0.05, 0.1) is 56.2 Å². The first-order chi connectivity index (χ1) is 24.7. The van der Waals surface area contributed by atoms with Gasteiger partial charge in [-0.15, -0.1) is 0 Å². The summed E-state index contributed by atoms with van der Waals surface area (Å²) in [5.74, 6) is 0. The summed E-state index contributed by atoms with van der Waals surface area (Å²) < 4.78 is 4.37. The zero-order valence-electron chi connectivity index (χ0n) is 26.7. The van der Waals surface area contributed by atoms with E-state index in [0.29, 0.717) is 22.4 Å². The van der Waals surface area contributed by atoms with Crippen molar-refractivity contribution in [2.24, 2.45) is 0 Å². The van der Waals surface area contributed by atoms with E-state index in [2.05, 4.69) is 100 Å². The van der Waals surface area contributed by atoms with E-state index in [-0.39, 0.29) is 0 Å². The number of nitrogens with zero attached hydrogens (tertiary/aromatic N) is 5. The fourth-order valence-corrected chi connectivity index (χ4v) is 7.41. The molecular weight excluding hydrogens is 611 g/mol. The summed E-state index contributed by atoms with van der Waals surface area (Å²) in [4.78, 5) is 0. The Balaban J connectivity index is 1.20. The van der Waals surface area contributed by atoms with Crippen LogP contribution in [0.1, 0.15) is 16.7 Å². The fourth-order valence-electron chi connectivity index (χ4n) is 7.41. The van der Waals surface area contributed by atoms with Crippen molar-refractivity contribution in [2.45, 2.75) is 0 Å². The fraction of sp³-hybridized carbons (Fsp3) is 0. The Kier molecular flexibility index (Phi) is 6.56. The molecule has 9 rings (SSSR count). The summed E-state index contributed by atoms with van der Waals surface area (Å²) in [6.45, 7) is 0. The molecule has 5 nitrogen and oxygen atoms in total. The molecule has 5 heteroatoms. The summed E-state index contributed by atoms with van der Waals surface area (Å²) in [5, 5.41) is 34.5. The molecule has 0 aliphatic heterocycles. The van der Waals surface area contributed by atoms with Crippen molar-refractivity contribution in [1.29, 1.82) is 15.8 Å². The van der Waals surface area contributed by atoms with Crippen LogP contribution in [0.5, 0.6) is 0 Å². The quantitative estimate of drug-likeness (QED) is 0.193. The van der Waals surface area contributed by atoms with Gasteiger partial charge < -0.3 is 9.13 Å². The van der Waals surface area contributed by atoms with Crippen LogP contribution in [-0.4, -0.2) is 9.13 Å². The summed E-state index contributed by atoms with van der Waals surface area (Å²) in [6, 6.07) is 58.0. The van der Waals surface area contributed by atoms with E-state index in [9.17, 15) is 15.8 Å². The van der Waals surface area contributed by atoms with Crippen molar-refractivity contribution in [3.8, 4) is 51.8 Å². The first-order valence-corrected chi connectivity index (χ1v) is 16.3. The van der Waals surface area contributed by atoms with Crippen LogP contribution in [0.15, 0.2) is 152 Å². The lowest BCUT2D eigenvalue weighted by Crippen LogP contribution is -2.01. The van der Waals surface area contributed by atoms with Crippen LogP contribution in [0, 0.1) is 34.0 Å². The monoisotopic (exact) mass is 635 g/mol. The second-order valence-electron chi connectivity index (χ2n) is 12.3. The Morgan fingerprint density at radius 1 is 0.380 bits per heavy atom. The van der Waals surface area contributed by atoms with Crippen molar-refractivity contribution >= 4 is 43.6 Å². The van der Waals surface area contributed by atoms with Crippen LogP contribution >= 0.6 is 0 Å². The van der Waals surface area contributed by atoms with Crippen LogP contribution in [0.4, 0.5) is 0 Å². The van der Waals surface area contributed by atoms with Gasteiger partial charge in [-0.05, 0) is 71.3 Å². The molecule has 0 saturated heterocycles. The van der Waals surface area contributed by atoms with Gasteiger partial charge in [0.1, 0.15) is 12.1 Å². The molecule has 2 heterocycles. The SMILES string of the molecule is N#Cc1ccc2c(c1)c1ccccc1n2-c1ccccc1-c1ccc(-c2cc(C#N)c(C#N)c(-n3c4ccccc4c4ccccc43)c2)cc1. The number of para-hydroxylation sites is 4. The van der Waals surface area contributed by atoms with Gasteiger partial charge in [0, 0.05) is 27.1 Å².